The summed E-state index contributed by atoms with van der Waals surface area (Å²) in [5.74, 6) is -1.49. The fourth-order valence-corrected chi connectivity index (χ4v) is 3.55. The van der Waals surface area contributed by atoms with Crippen molar-refractivity contribution >= 4 is 34.1 Å². The number of nitrogens with one attached hydrogen (secondary N) is 2. The first-order valence-corrected chi connectivity index (χ1v) is 9.49. The van der Waals surface area contributed by atoms with Crippen molar-refractivity contribution in [2.24, 2.45) is 0 Å². The molecular formula is C20H18N2O6S. The first kappa shape index (κ1) is 20.3. The number of rotatable bonds is 9. The largest absolute Gasteiger partial charge is 0.480 e. The molecule has 0 saturated carbocycles. The van der Waals surface area contributed by atoms with E-state index in [1.54, 1.807) is 17.5 Å². The van der Waals surface area contributed by atoms with Gasteiger partial charge < -0.3 is 24.9 Å². The normalized spacial score (nSPS) is 10.5. The van der Waals surface area contributed by atoms with Crippen molar-refractivity contribution < 1.29 is 28.6 Å². The lowest BCUT2D eigenvalue weighted by Gasteiger charge is -2.10. The highest BCUT2D eigenvalue weighted by Crippen LogP contribution is 2.35. The highest BCUT2D eigenvalue weighted by molar-refractivity contribution is 7.15. The molecule has 0 unspecified atom stereocenters. The van der Waals surface area contributed by atoms with Gasteiger partial charge in [0, 0.05) is 10.9 Å². The van der Waals surface area contributed by atoms with Gasteiger partial charge >= 0.3 is 5.97 Å². The van der Waals surface area contributed by atoms with Crippen LogP contribution in [0.25, 0.3) is 11.1 Å². The van der Waals surface area contributed by atoms with Gasteiger partial charge in [0.1, 0.15) is 24.0 Å². The number of aliphatic carboxylic acids is 1. The van der Waals surface area contributed by atoms with Crippen LogP contribution in [0, 0.1) is 0 Å². The molecule has 0 atom stereocenters. The summed E-state index contributed by atoms with van der Waals surface area (Å²) >= 11 is 1.20. The summed E-state index contributed by atoms with van der Waals surface area (Å²) in [4.78, 5) is 35.5. The van der Waals surface area contributed by atoms with Crippen molar-refractivity contribution in [2.75, 3.05) is 18.5 Å². The van der Waals surface area contributed by atoms with Gasteiger partial charge in [-0.05, 0) is 17.7 Å². The van der Waals surface area contributed by atoms with Gasteiger partial charge in [-0.1, -0.05) is 30.3 Å². The maximum absolute atomic E-state index is 12.9. The lowest BCUT2D eigenvalue weighted by Crippen LogP contribution is -2.25. The predicted molar refractivity (Wildman–Crippen MR) is 107 cm³/mol. The number of anilines is 1. The average Bonchev–Trinajstić information content (AvgIpc) is 3.36. The Morgan fingerprint density at radius 2 is 1.86 bits per heavy atom. The first-order valence-electron chi connectivity index (χ1n) is 8.61. The Morgan fingerprint density at radius 3 is 2.55 bits per heavy atom. The fourth-order valence-electron chi connectivity index (χ4n) is 2.57. The minimum atomic E-state index is -1.17. The van der Waals surface area contributed by atoms with Crippen molar-refractivity contribution in [3.8, 4) is 11.1 Å². The molecule has 0 fully saturated rings. The zero-order chi connectivity index (χ0) is 20.6. The molecule has 0 saturated heterocycles. The highest BCUT2D eigenvalue weighted by Gasteiger charge is 2.22. The van der Waals surface area contributed by atoms with E-state index in [-0.39, 0.29) is 12.5 Å². The number of carbonyl (C=O) groups is 3. The third kappa shape index (κ3) is 5.53. The molecule has 0 radical (unpaired) electrons. The summed E-state index contributed by atoms with van der Waals surface area (Å²) in [5, 5.41) is 16.1. The van der Waals surface area contributed by atoms with Gasteiger partial charge in [-0.2, -0.15) is 0 Å². The Morgan fingerprint density at radius 1 is 1.07 bits per heavy atom. The van der Waals surface area contributed by atoms with Crippen molar-refractivity contribution in [2.45, 2.75) is 6.54 Å². The van der Waals surface area contributed by atoms with E-state index >= 15 is 0 Å². The molecule has 2 heterocycles. The minimum absolute atomic E-state index is 0.199. The van der Waals surface area contributed by atoms with E-state index in [9.17, 15) is 14.4 Å². The second kappa shape index (κ2) is 9.67. The molecule has 2 amide bonds. The molecular weight excluding hydrogens is 396 g/mol. The van der Waals surface area contributed by atoms with Gasteiger partial charge in [0.15, 0.2) is 0 Å². The molecule has 150 valence electrons. The number of benzene rings is 1. The Bertz CT molecular complexity index is 982. The molecule has 0 aliphatic carbocycles. The molecule has 0 aliphatic rings. The van der Waals surface area contributed by atoms with E-state index in [4.69, 9.17) is 14.3 Å². The van der Waals surface area contributed by atoms with Crippen LogP contribution in [0.3, 0.4) is 0 Å². The summed E-state index contributed by atoms with van der Waals surface area (Å²) < 4.78 is 10.0. The summed E-state index contributed by atoms with van der Waals surface area (Å²) in [7, 11) is 0. The van der Waals surface area contributed by atoms with Crippen LogP contribution in [-0.4, -0.2) is 36.1 Å². The maximum Gasteiger partial charge on any atom is 0.329 e. The molecule has 29 heavy (non-hydrogen) atoms. The van der Waals surface area contributed by atoms with Gasteiger partial charge in [-0.3, -0.25) is 9.59 Å². The third-order valence-electron chi connectivity index (χ3n) is 3.82. The number of carboxylic acids is 1. The van der Waals surface area contributed by atoms with Crippen LogP contribution in [0.1, 0.15) is 16.1 Å². The maximum atomic E-state index is 12.9. The van der Waals surface area contributed by atoms with Crippen LogP contribution in [0.15, 0.2) is 58.5 Å². The number of carboxylic acid groups (broad SMARTS) is 1. The van der Waals surface area contributed by atoms with E-state index in [1.807, 2.05) is 30.3 Å². The van der Waals surface area contributed by atoms with E-state index in [0.717, 1.165) is 5.56 Å². The van der Waals surface area contributed by atoms with Crippen molar-refractivity contribution in [3.63, 3.8) is 0 Å². The summed E-state index contributed by atoms with van der Waals surface area (Å²) in [5.41, 5.74) is 1.82. The lowest BCUT2D eigenvalue weighted by molar-refractivity contribution is -0.143. The van der Waals surface area contributed by atoms with Gasteiger partial charge in [0.25, 0.3) is 11.8 Å². The Labute approximate surface area is 170 Å². The number of hydrogen-bond donors (Lipinski definition) is 3. The Hall–Kier alpha value is -3.43. The number of amides is 2. The quantitative estimate of drug-likeness (QED) is 0.495. The summed E-state index contributed by atoms with van der Waals surface area (Å²) in [6, 6.07) is 12.8. The van der Waals surface area contributed by atoms with E-state index in [0.29, 0.717) is 21.9 Å². The van der Waals surface area contributed by atoms with E-state index in [2.05, 4.69) is 10.6 Å². The number of furan rings is 1. The second-order valence-corrected chi connectivity index (χ2v) is 6.80. The molecule has 3 aromatic rings. The molecule has 0 spiro atoms. The van der Waals surface area contributed by atoms with Crippen LogP contribution in [-0.2, 0) is 20.9 Å². The zero-order valence-corrected chi connectivity index (χ0v) is 16.0. The Balaban J connectivity index is 1.80. The smallest absolute Gasteiger partial charge is 0.329 e. The standard InChI is InChI=1S/C20H18N2O6S/c23-16(10-27-11-17(24)25)22-20-18(19(26)21-9-14-7-4-8-28-14)15(12-29-20)13-5-2-1-3-6-13/h1-8,12H,9-11H2,(H,21,26)(H,22,23)(H,24,25). The molecule has 0 bridgehead atoms. The molecule has 3 rings (SSSR count). The molecule has 9 heteroatoms. The summed E-state index contributed by atoms with van der Waals surface area (Å²) in [6.45, 7) is -0.813. The molecule has 2 aromatic heterocycles. The molecule has 8 nitrogen and oxygen atoms in total. The first-order chi connectivity index (χ1) is 14.0. The van der Waals surface area contributed by atoms with Gasteiger partial charge in [-0.25, -0.2) is 4.79 Å². The summed E-state index contributed by atoms with van der Waals surface area (Å²) in [6.07, 6.45) is 1.52. The topological polar surface area (TPSA) is 118 Å². The number of carbonyl (C=O) groups excluding carboxylic acids is 2. The third-order valence-corrected chi connectivity index (χ3v) is 4.71. The van der Waals surface area contributed by atoms with Crippen LogP contribution < -0.4 is 10.6 Å². The molecule has 0 aliphatic heterocycles. The van der Waals surface area contributed by atoms with E-state index < -0.39 is 25.1 Å². The van der Waals surface area contributed by atoms with Crippen LogP contribution in [0.2, 0.25) is 0 Å². The second-order valence-electron chi connectivity index (χ2n) is 5.92. The Kier molecular flexibility index (Phi) is 6.77. The van der Waals surface area contributed by atoms with Gasteiger partial charge in [0.2, 0.25) is 0 Å². The molecule has 1 aromatic carbocycles. The van der Waals surface area contributed by atoms with E-state index in [1.165, 1.54) is 17.6 Å². The predicted octanol–water partition coefficient (Wildman–Crippen LogP) is 2.98. The monoisotopic (exact) mass is 414 g/mol. The minimum Gasteiger partial charge on any atom is -0.480 e. The lowest BCUT2D eigenvalue weighted by atomic mass is 10.0. The van der Waals surface area contributed by atoms with Crippen molar-refractivity contribution in [1.29, 1.82) is 0 Å². The number of thiophene rings is 1. The van der Waals surface area contributed by atoms with Crippen LogP contribution >= 0.6 is 11.3 Å². The molecule has 3 N–H and O–H groups in total. The van der Waals surface area contributed by atoms with Gasteiger partial charge in [-0.15, -0.1) is 11.3 Å². The number of hydrogen-bond acceptors (Lipinski definition) is 6. The van der Waals surface area contributed by atoms with Crippen molar-refractivity contribution in [1.82, 2.24) is 5.32 Å². The van der Waals surface area contributed by atoms with Crippen LogP contribution in [0.5, 0.6) is 0 Å². The van der Waals surface area contributed by atoms with Gasteiger partial charge in [0.05, 0.1) is 18.4 Å². The number of ether oxygens (including phenoxy) is 1. The average molecular weight is 414 g/mol. The SMILES string of the molecule is O=C(O)COCC(=O)Nc1scc(-c2ccccc2)c1C(=O)NCc1ccco1. The zero-order valence-electron chi connectivity index (χ0n) is 15.2. The van der Waals surface area contributed by atoms with Crippen LogP contribution in [0.4, 0.5) is 5.00 Å². The highest BCUT2D eigenvalue weighted by atomic mass is 32.1. The fraction of sp³-hybridized carbons (Fsp3) is 0.150. The van der Waals surface area contributed by atoms with Crippen molar-refractivity contribution in [3.05, 3.63) is 65.4 Å².